The highest BCUT2D eigenvalue weighted by atomic mass is 19.4. The highest BCUT2D eigenvalue weighted by Crippen LogP contribution is 2.32. The van der Waals surface area contributed by atoms with Crippen LogP contribution in [0.3, 0.4) is 0 Å². The molecular weight excluding hydrogens is 421 g/mol. The summed E-state index contributed by atoms with van der Waals surface area (Å²) in [6.45, 7) is -0.132. The second kappa shape index (κ2) is 8.07. The molecule has 30 heavy (non-hydrogen) atoms. The first-order valence-corrected chi connectivity index (χ1v) is 8.73. The number of aromatic nitrogens is 2. The summed E-state index contributed by atoms with van der Waals surface area (Å²) >= 11 is 0. The zero-order chi connectivity index (χ0) is 22.1. The van der Waals surface area contributed by atoms with Crippen LogP contribution in [0.4, 0.5) is 36.7 Å². The largest absolute Gasteiger partial charge is 0.471 e. The van der Waals surface area contributed by atoms with Crippen molar-refractivity contribution in [2.24, 2.45) is 0 Å². The number of carbonyl (C=O) groups excluding carboxylic acids is 1. The maximum atomic E-state index is 13.2. The molecule has 1 fully saturated rings. The first-order valence-electron chi connectivity index (χ1n) is 8.73. The molecule has 2 atom stereocenters. The second-order valence-electron chi connectivity index (χ2n) is 6.71. The van der Waals surface area contributed by atoms with E-state index in [0.717, 1.165) is 18.3 Å². The lowest BCUT2D eigenvalue weighted by Crippen LogP contribution is -2.54. The molecule has 2 aromatic rings. The van der Waals surface area contributed by atoms with Crippen LogP contribution in [0.2, 0.25) is 0 Å². The summed E-state index contributed by atoms with van der Waals surface area (Å²) in [6, 6.07) is 4.63. The van der Waals surface area contributed by atoms with E-state index in [0.29, 0.717) is 11.6 Å². The van der Waals surface area contributed by atoms with Gasteiger partial charge in [0.05, 0.1) is 6.04 Å². The lowest BCUT2D eigenvalue weighted by atomic mass is 9.85. The Morgan fingerprint density at radius 3 is 2.33 bits per heavy atom. The van der Waals surface area contributed by atoms with Gasteiger partial charge in [-0.3, -0.25) is 4.79 Å². The number of carbonyl (C=O) groups is 1. The summed E-state index contributed by atoms with van der Waals surface area (Å²) in [6.07, 6.45) is -8.77. The third-order valence-electron chi connectivity index (χ3n) is 4.70. The molecule has 1 aliphatic heterocycles. The maximum absolute atomic E-state index is 13.2. The number of alkyl halides is 6. The van der Waals surface area contributed by atoms with Crippen LogP contribution in [0, 0.1) is 5.82 Å². The minimum atomic E-state index is -5.14. The van der Waals surface area contributed by atoms with Gasteiger partial charge in [-0.05, 0) is 30.2 Å². The van der Waals surface area contributed by atoms with Crippen LogP contribution in [-0.4, -0.2) is 41.2 Å². The molecule has 1 amide bonds. The molecule has 0 bridgehead atoms. The van der Waals surface area contributed by atoms with E-state index in [-0.39, 0.29) is 25.5 Å². The molecular formula is C18H15F7N4O. The predicted octanol–water partition coefficient (Wildman–Crippen LogP) is 3.68. The van der Waals surface area contributed by atoms with E-state index in [1.54, 1.807) is 0 Å². The van der Waals surface area contributed by atoms with Crippen LogP contribution >= 0.6 is 0 Å². The van der Waals surface area contributed by atoms with Crippen molar-refractivity contribution in [3.63, 3.8) is 0 Å². The molecule has 0 radical (unpaired) electrons. The van der Waals surface area contributed by atoms with Crippen molar-refractivity contribution in [3.05, 3.63) is 53.6 Å². The van der Waals surface area contributed by atoms with Gasteiger partial charge in [0.15, 0.2) is 0 Å². The van der Waals surface area contributed by atoms with Gasteiger partial charge in [0.25, 0.3) is 0 Å². The molecule has 12 heteroatoms. The number of halogens is 7. The topological polar surface area (TPSA) is 58.1 Å². The van der Waals surface area contributed by atoms with Gasteiger partial charge in [-0.1, -0.05) is 12.1 Å². The molecule has 1 saturated heterocycles. The number of benzene rings is 1. The Balaban J connectivity index is 1.88. The third-order valence-corrected chi connectivity index (χ3v) is 4.70. The molecule has 0 aliphatic carbocycles. The predicted molar refractivity (Wildman–Crippen MR) is 91.0 cm³/mol. The van der Waals surface area contributed by atoms with E-state index in [1.165, 1.54) is 17.0 Å². The molecule has 0 spiro atoms. The number of piperidine rings is 1. The minimum absolute atomic E-state index is 0.127. The van der Waals surface area contributed by atoms with Crippen molar-refractivity contribution >= 4 is 11.9 Å². The van der Waals surface area contributed by atoms with E-state index >= 15 is 0 Å². The number of rotatable bonds is 3. The Bertz CT molecular complexity index is 899. The number of hydrogen-bond acceptors (Lipinski definition) is 4. The van der Waals surface area contributed by atoms with E-state index in [4.69, 9.17) is 0 Å². The number of anilines is 1. The zero-order valence-corrected chi connectivity index (χ0v) is 15.1. The first kappa shape index (κ1) is 21.8. The van der Waals surface area contributed by atoms with Crippen LogP contribution in [0.1, 0.15) is 23.6 Å². The first-order chi connectivity index (χ1) is 13.9. The van der Waals surface area contributed by atoms with Gasteiger partial charge < -0.3 is 10.2 Å². The Morgan fingerprint density at radius 2 is 1.73 bits per heavy atom. The highest BCUT2D eigenvalue weighted by Gasteiger charge is 2.42. The molecule has 1 aromatic carbocycles. The molecule has 0 saturated carbocycles. The van der Waals surface area contributed by atoms with Crippen LogP contribution in [0.5, 0.6) is 0 Å². The number of hydrogen-bond donors (Lipinski definition) is 1. The smallest absolute Gasteiger partial charge is 0.343 e. The van der Waals surface area contributed by atoms with Gasteiger partial charge in [-0.2, -0.15) is 26.3 Å². The fraction of sp³-hybridized carbons (Fsp3) is 0.389. The average molecular weight is 436 g/mol. The van der Waals surface area contributed by atoms with Crippen molar-refractivity contribution < 1.29 is 35.5 Å². The molecule has 3 rings (SSSR count). The number of amides is 1. The van der Waals surface area contributed by atoms with Crippen LogP contribution < -0.4 is 10.2 Å². The van der Waals surface area contributed by atoms with Crippen molar-refractivity contribution in [3.8, 4) is 0 Å². The molecule has 162 valence electrons. The van der Waals surface area contributed by atoms with Crippen LogP contribution in [0.25, 0.3) is 0 Å². The van der Waals surface area contributed by atoms with Gasteiger partial charge in [0.1, 0.15) is 11.5 Å². The average Bonchev–Trinajstić information content (AvgIpc) is 2.67. The lowest BCUT2D eigenvalue weighted by molar-refractivity contribution is -0.174. The van der Waals surface area contributed by atoms with Gasteiger partial charge in [0, 0.05) is 25.2 Å². The van der Waals surface area contributed by atoms with Gasteiger partial charge in [0.2, 0.25) is 5.95 Å². The van der Waals surface area contributed by atoms with Crippen LogP contribution in [0.15, 0.2) is 36.5 Å². The minimum Gasteiger partial charge on any atom is -0.343 e. The van der Waals surface area contributed by atoms with Crippen molar-refractivity contribution in [2.75, 3.05) is 18.0 Å². The van der Waals surface area contributed by atoms with Gasteiger partial charge in [-0.25, -0.2) is 14.4 Å². The Hall–Kier alpha value is -2.92. The van der Waals surface area contributed by atoms with Crippen molar-refractivity contribution in [1.29, 1.82) is 0 Å². The standard InChI is InChI=1S/C18H15F7N4O/c19-11-3-1-10(2-4-11)12-6-8-29(9-13(12)27-15(30)18(23,24)25)16-26-7-5-14(28-16)17(20,21)22/h1-5,7,12-13H,6,8-9H2,(H,27,30). The Labute approximate surface area is 165 Å². The van der Waals surface area contributed by atoms with E-state index in [2.05, 4.69) is 9.97 Å². The second-order valence-corrected chi connectivity index (χ2v) is 6.71. The summed E-state index contributed by atoms with van der Waals surface area (Å²) in [5.41, 5.74) is -0.697. The normalized spacial score (nSPS) is 20.2. The zero-order valence-electron chi connectivity index (χ0n) is 15.1. The fourth-order valence-electron chi connectivity index (χ4n) is 3.30. The lowest BCUT2D eigenvalue weighted by Gasteiger charge is -2.39. The molecule has 2 heterocycles. The van der Waals surface area contributed by atoms with Crippen molar-refractivity contribution in [2.45, 2.75) is 30.7 Å². The summed E-state index contributed by atoms with van der Waals surface area (Å²) < 4.78 is 90.2. The quantitative estimate of drug-likeness (QED) is 0.747. The maximum Gasteiger partial charge on any atom is 0.471 e. The summed E-state index contributed by atoms with van der Waals surface area (Å²) in [4.78, 5) is 20.0. The molecule has 1 aromatic heterocycles. The number of nitrogens with one attached hydrogen (secondary N) is 1. The molecule has 2 unspecified atom stereocenters. The van der Waals surface area contributed by atoms with Crippen molar-refractivity contribution in [1.82, 2.24) is 15.3 Å². The molecule has 5 nitrogen and oxygen atoms in total. The fourth-order valence-corrected chi connectivity index (χ4v) is 3.30. The highest BCUT2D eigenvalue weighted by molar-refractivity contribution is 5.82. The Kier molecular flexibility index (Phi) is 5.86. The van der Waals surface area contributed by atoms with Gasteiger partial charge in [-0.15, -0.1) is 0 Å². The summed E-state index contributed by atoms with van der Waals surface area (Å²) in [7, 11) is 0. The summed E-state index contributed by atoms with van der Waals surface area (Å²) in [5.74, 6) is -3.64. The Morgan fingerprint density at radius 1 is 1.07 bits per heavy atom. The monoisotopic (exact) mass is 436 g/mol. The van der Waals surface area contributed by atoms with Gasteiger partial charge >= 0.3 is 18.3 Å². The van der Waals surface area contributed by atoms with E-state index in [9.17, 15) is 35.5 Å². The SMILES string of the molecule is O=C(NC1CN(c2nccc(C(F)(F)F)n2)CCC1c1ccc(F)cc1)C(F)(F)F. The summed E-state index contributed by atoms with van der Waals surface area (Å²) in [5, 5.41) is 1.89. The van der Waals surface area contributed by atoms with E-state index < -0.39 is 41.7 Å². The number of nitrogens with zero attached hydrogens (tertiary/aromatic N) is 3. The third kappa shape index (κ3) is 4.97. The van der Waals surface area contributed by atoms with Crippen LogP contribution in [-0.2, 0) is 11.0 Å². The van der Waals surface area contributed by atoms with E-state index in [1.807, 2.05) is 5.32 Å². The molecule has 1 N–H and O–H groups in total. The molecule has 1 aliphatic rings.